The number of hydrogen-bond acceptors (Lipinski definition) is 3. The molecule has 1 unspecified atom stereocenters. The predicted molar refractivity (Wildman–Crippen MR) is 66.1 cm³/mol. The highest BCUT2D eigenvalue weighted by molar-refractivity contribution is 5.71. The molecule has 0 bridgehead atoms. The molecule has 5 heteroatoms. The van der Waals surface area contributed by atoms with Gasteiger partial charge in [0.2, 0.25) is 0 Å². The molecule has 0 fully saturated rings. The molecule has 1 amide bonds. The number of ether oxygens (including phenoxy) is 1. The number of carboxylic acid groups (broad SMARTS) is 1. The summed E-state index contributed by atoms with van der Waals surface area (Å²) in [5.74, 6) is -0.940. The average molecular weight is 251 g/mol. The Kier molecular flexibility index (Phi) is 5.70. The summed E-state index contributed by atoms with van der Waals surface area (Å²) in [5, 5.41) is 11.2. The summed E-state index contributed by atoms with van der Waals surface area (Å²) in [7, 11) is 0. The molecule has 0 saturated heterocycles. The standard InChI is InChI=1S/C13H17NO4/c1-2-11(8-12(15)16)14-13(17)18-9-10-6-4-3-5-7-10/h3-7,11H,2,8-9H2,1H3,(H,14,17)(H,15,16). The Labute approximate surface area is 106 Å². The van der Waals surface area contributed by atoms with Crippen molar-refractivity contribution >= 4 is 12.1 Å². The van der Waals surface area contributed by atoms with Gasteiger partial charge in [0.25, 0.3) is 0 Å². The second-order valence-electron chi connectivity index (χ2n) is 3.91. The number of nitrogens with one attached hydrogen (secondary N) is 1. The molecule has 98 valence electrons. The van der Waals surface area contributed by atoms with Crippen molar-refractivity contribution in [1.29, 1.82) is 0 Å². The van der Waals surface area contributed by atoms with E-state index in [9.17, 15) is 9.59 Å². The number of hydrogen-bond donors (Lipinski definition) is 2. The maximum Gasteiger partial charge on any atom is 0.407 e. The van der Waals surface area contributed by atoms with Crippen LogP contribution in [0, 0.1) is 0 Å². The minimum Gasteiger partial charge on any atom is -0.481 e. The largest absolute Gasteiger partial charge is 0.481 e. The zero-order valence-corrected chi connectivity index (χ0v) is 10.3. The van der Waals surface area contributed by atoms with E-state index in [4.69, 9.17) is 9.84 Å². The zero-order chi connectivity index (χ0) is 13.4. The molecular weight excluding hydrogens is 234 g/mol. The number of carbonyl (C=O) groups excluding carboxylic acids is 1. The van der Waals surface area contributed by atoms with Crippen LogP contribution in [0.1, 0.15) is 25.3 Å². The van der Waals surface area contributed by atoms with E-state index in [0.717, 1.165) is 5.56 Å². The minimum atomic E-state index is -0.940. The van der Waals surface area contributed by atoms with Gasteiger partial charge in [0.15, 0.2) is 0 Å². The van der Waals surface area contributed by atoms with Crippen molar-refractivity contribution in [1.82, 2.24) is 5.32 Å². The lowest BCUT2D eigenvalue weighted by Gasteiger charge is -2.14. The van der Waals surface area contributed by atoms with Crippen LogP contribution in [0.3, 0.4) is 0 Å². The highest BCUT2D eigenvalue weighted by atomic mass is 16.5. The number of amides is 1. The number of benzene rings is 1. The summed E-state index contributed by atoms with van der Waals surface area (Å²) in [6, 6.07) is 8.89. The minimum absolute atomic E-state index is 0.100. The van der Waals surface area contributed by atoms with Crippen LogP contribution in [0.2, 0.25) is 0 Å². The van der Waals surface area contributed by atoms with E-state index in [2.05, 4.69) is 5.32 Å². The lowest BCUT2D eigenvalue weighted by atomic mass is 10.1. The SMILES string of the molecule is CCC(CC(=O)O)NC(=O)OCc1ccccc1. The summed E-state index contributed by atoms with van der Waals surface area (Å²) in [5.41, 5.74) is 0.888. The molecule has 0 aliphatic carbocycles. The second kappa shape index (κ2) is 7.32. The second-order valence-corrected chi connectivity index (χ2v) is 3.91. The summed E-state index contributed by atoms with van der Waals surface area (Å²) < 4.78 is 5.00. The molecule has 0 spiro atoms. The summed E-state index contributed by atoms with van der Waals surface area (Å²) in [6.45, 7) is 1.99. The van der Waals surface area contributed by atoms with Gasteiger partial charge in [-0.15, -0.1) is 0 Å². The third-order valence-electron chi connectivity index (χ3n) is 2.45. The molecule has 1 rings (SSSR count). The summed E-state index contributed by atoms with van der Waals surface area (Å²) in [4.78, 5) is 22.0. The first kappa shape index (κ1) is 14.0. The van der Waals surface area contributed by atoms with Crippen molar-refractivity contribution in [2.24, 2.45) is 0 Å². The van der Waals surface area contributed by atoms with Crippen molar-refractivity contribution in [3.63, 3.8) is 0 Å². The van der Waals surface area contributed by atoms with Crippen LogP contribution in [0.5, 0.6) is 0 Å². The molecule has 0 aliphatic rings. The van der Waals surface area contributed by atoms with Gasteiger partial charge in [0, 0.05) is 6.04 Å². The predicted octanol–water partition coefficient (Wildman–Crippen LogP) is 2.17. The molecule has 1 aromatic carbocycles. The molecule has 1 atom stereocenters. The van der Waals surface area contributed by atoms with Crippen LogP contribution < -0.4 is 5.32 Å². The quantitative estimate of drug-likeness (QED) is 0.812. The van der Waals surface area contributed by atoms with Gasteiger partial charge in [-0.3, -0.25) is 4.79 Å². The molecule has 0 heterocycles. The third-order valence-corrected chi connectivity index (χ3v) is 2.45. The molecule has 5 nitrogen and oxygen atoms in total. The van der Waals surface area contributed by atoms with E-state index < -0.39 is 18.1 Å². The molecule has 2 N–H and O–H groups in total. The fraction of sp³-hybridized carbons (Fsp3) is 0.385. The van der Waals surface area contributed by atoms with Crippen molar-refractivity contribution in [2.45, 2.75) is 32.4 Å². The van der Waals surface area contributed by atoms with Gasteiger partial charge >= 0.3 is 12.1 Å². The van der Waals surface area contributed by atoms with Crippen molar-refractivity contribution in [3.05, 3.63) is 35.9 Å². The Hall–Kier alpha value is -2.04. The fourth-order valence-electron chi connectivity index (χ4n) is 1.44. The van der Waals surface area contributed by atoms with Crippen LogP contribution in [-0.2, 0) is 16.1 Å². The van der Waals surface area contributed by atoms with E-state index in [1.54, 1.807) is 0 Å². The van der Waals surface area contributed by atoms with Crippen molar-refractivity contribution in [3.8, 4) is 0 Å². The highest BCUT2D eigenvalue weighted by Crippen LogP contribution is 2.02. The summed E-state index contributed by atoms with van der Waals surface area (Å²) >= 11 is 0. The van der Waals surface area contributed by atoms with Gasteiger partial charge in [-0.05, 0) is 12.0 Å². The average Bonchev–Trinajstić information content (AvgIpc) is 2.36. The lowest BCUT2D eigenvalue weighted by Crippen LogP contribution is -2.36. The molecule has 0 aromatic heterocycles. The van der Waals surface area contributed by atoms with Gasteiger partial charge in [0.05, 0.1) is 6.42 Å². The van der Waals surface area contributed by atoms with E-state index in [1.165, 1.54) is 0 Å². The molecular formula is C13H17NO4. The van der Waals surface area contributed by atoms with Gasteiger partial charge in [-0.25, -0.2) is 4.79 Å². The first-order chi connectivity index (χ1) is 8.61. The van der Waals surface area contributed by atoms with Crippen LogP contribution in [0.4, 0.5) is 4.79 Å². The third kappa shape index (κ3) is 5.34. The highest BCUT2D eigenvalue weighted by Gasteiger charge is 2.14. The molecule has 0 saturated carbocycles. The van der Waals surface area contributed by atoms with E-state index in [1.807, 2.05) is 37.3 Å². The Bertz CT molecular complexity index is 391. The fourth-order valence-corrected chi connectivity index (χ4v) is 1.44. The normalized spacial score (nSPS) is 11.6. The van der Waals surface area contributed by atoms with E-state index >= 15 is 0 Å². The molecule has 0 aliphatic heterocycles. The van der Waals surface area contributed by atoms with Crippen LogP contribution in [-0.4, -0.2) is 23.2 Å². The Balaban J connectivity index is 2.34. The lowest BCUT2D eigenvalue weighted by molar-refractivity contribution is -0.137. The summed E-state index contributed by atoms with van der Waals surface area (Å²) in [6.07, 6.45) is -0.143. The smallest absolute Gasteiger partial charge is 0.407 e. The Morgan fingerprint density at radius 2 is 2.00 bits per heavy atom. The van der Waals surface area contributed by atoms with E-state index in [-0.39, 0.29) is 13.0 Å². The number of carboxylic acids is 1. The van der Waals surface area contributed by atoms with Crippen LogP contribution >= 0.6 is 0 Å². The molecule has 1 aromatic rings. The monoisotopic (exact) mass is 251 g/mol. The van der Waals surface area contributed by atoms with Crippen LogP contribution in [0.25, 0.3) is 0 Å². The van der Waals surface area contributed by atoms with Gasteiger partial charge in [0.1, 0.15) is 6.61 Å². The maximum absolute atomic E-state index is 11.4. The molecule has 0 radical (unpaired) electrons. The first-order valence-electron chi connectivity index (χ1n) is 5.80. The Morgan fingerprint density at radius 1 is 1.33 bits per heavy atom. The Morgan fingerprint density at radius 3 is 2.56 bits per heavy atom. The topological polar surface area (TPSA) is 75.6 Å². The maximum atomic E-state index is 11.4. The van der Waals surface area contributed by atoms with Gasteiger partial charge in [-0.2, -0.15) is 0 Å². The zero-order valence-electron chi connectivity index (χ0n) is 10.3. The first-order valence-corrected chi connectivity index (χ1v) is 5.80. The van der Waals surface area contributed by atoms with E-state index in [0.29, 0.717) is 6.42 Å². The number of carbonyl (C=O) groups is 2. The van der Waals surface area contributed by atoms with Crippen molar-refractivity contribution in [2.75, 3.05) is 0 Å². The van der Waals surface area contributed by atoms with Gasteiger partial charge < -0.3 is 15.2 Å². The van der Waals surface area contributed by atoms with Crippen LogP contribution in [0.15, 0.2) is 30.3 Å². The molecule has 18 heavy (non-hydrogen) atoms. The van der Waals surface area contributed by atoms with Gasteiger partial charge in [-0.1, -0.05) is 37.3 Å². The number of alkyl carbamates (subject to hydrolysis) is 1. The van der Waals surface area contributed by atoms with Crippen molar-refractivity contribution < 1.29 is 19.4 Å². The number of aliphatic carboxylic acids is 1. The number of rotatable bonds is 6.